The predicted molar refractivity (Wildman–Crippen MR) is 82.6 cm³/mol. The zero-order valence-corrected chi connectivity index (χ0v) is 12.8. The quantitative estimate of drug-likeness (QED) is 0.713. The average molecular weight is 279 g/mol. The largest absolute Gasteiger partial charge is 0.389 e. The van der Waals surface area contributed by atoms with Gasteiger partial charge >= 0.3 is 0 Å². The Labute approximate surface area is 121 Å². The van der Waals surface area contributed by atoms with Gasteiger partial charge in [-0.3, -0.25) is 0 Å². The minimum Gasteiger partial charge on any atom is -0.389 e. The summed E-state index contributed by atoms with van der Waals surface area (Å²) < 4.78 is 0. The van der Waals surface area contributed by atoms with Crippen LogP contribution in [0.3, 0.4) is 0 Å². The lowest BCUT2D eigenvalue weighted by molar-refractivity contribution is 0.0572. The third-order valence-electron chi connectivity index (χ3n) is 3.89. The van der Waals surface area contributed by atoms with Gasteiger partial charge in [0.15, 0.2) is 0 Å². The maximum Gasteiger partial charge on any atom is 0.0736 e. The van der Waals surface area contributed by atoms with E-state index in [0.717, 1.165) is 31.2 Å². The van der Waals surface area contributed by atoms with Crippen molar-refractivity contribution in [2.24, 2.45) is 0 Å². The van der Waals surface area contributed by atoms with Crippen molar-refractivity contribution in [1.29, 1.82) is 0 Å². The van der Waals surface area contributed by atoms with Crippen LogP contribution in [0.4, 0.5) is 0 Å². The van der Waals surface area contributed by atoms with E-state index in [9.17, 15) is 5.11 Å². The predicted octanol–water partition coefficient (Wildman–Crippen LogP) is 3.58. The maximum absolute atomic E-state index is 10.3. The van der Waals surface area contributed by atoms with Gasteiger partial charge in [-0.1, -0.05) is 26.0 Å². The zero-order chi connectivity index (χ0) is 13.7. The van der Waals surface area contributed by atoms with E-state index in [4.69, 9.17) is 0 Å². The molecule has 0 amide bonds. The fourth-order valence-electron chi connectivity index (χ4n) is 1.97. The first-order valence-electron chi connectivity index (χ1n) is 7.32. The molecule has 0 bridgehead atoms. The fourth-order valence-corrected chi connectivity index (χ4v) is 3.22. The van der Waals surface area contributed by atoms with E-state index in [1.165, 1.54) is 23.3 Å². The number of rotatable bonds is 8. The molecule has 1 aromatic rings. The first-order chi connectivity index (χ1) is 9.15. The van der Waals surface area contributed by atoms with Crippen LogP contribution in [-0.4, -0.2) is 22.5 Å². The van der Waals surface area contributed by atoms with Gasteiger partial charge < -0.3 is 10.4 Å². The number of thioether (sulfide) groups is 1. The number of nitrogens with one attached hydrogen (secondary N) is 1. The van der Waals surface area contributed by atoms with Crippen molar-refractivity contribution in [2.75, 3.05) is 5.75 Å². The Hall–Kier alpha value is -0.510. The Kier molecular flexibility index (Phi) is 5.31. The standard InChI is InChI=1S/C16H25NOS/c1-3-16(18,4-2)12-19-15-7-5-6-13(10-15)11-17-14-8-9-14/h5-7,10,14,17-18H,3-4,8-9,11-12H2,1-2H3. The van der Waals surface area contributed by atoms with Crippen LogP contribution >= 0.6 is 11.8 Å². The molecule has 0 aromatic heterocycles. The zero-order valence-electron chi connectivity index (χ0n) is 12.0. The lowest BCUT2D eigenvalue weighted by Gasteiger charge is -2.24. The van der Waals surface area contributed by atoms with Gasteiger partial charge in [-0.25, -0.2) is 0 Å². The summed E-state index contributed by atoms with van der Waals surface area (Å²) in [4.78, 5) is 1.26. The van der Waals surface area contributed by atoms with E-state index in [2.05, 4.69) is 43.4 Å². The number of benzene rings is 1. The van der Waals surface area contributed by atoms with E-state index in [0.29, 0.717) is 0 Å². The van der Waals surface area contributed by atoms with E-state index in [1.807, 2.05) is 0 Å². The topological polar surface area (TPSA) is 32.3 Å². The molecule has 1 aromatic carbocycles. The van der Waals surface area contributed by atoms with Crippen LogP contribution in [0.5, 0.6) is 0 Å². The van der Waals surface area contributed by atoms with Crippen molar-refractivity contribution in [3.8, 4) is 0 Å². The molecule has 0 radical (unpaired) electrons. The molecule has 1 aliphatic rings. The second-order valence-electron chi connectivity index (χ2n) is 5.52. The van der Waals surface area contributed by atoms with Crippen molar-refractivity contribution in [3.63, 3.8) is 0 Å². The Balaban J connectivity index is 1.86. The Morgan fingerprint density at radius 1 is 1.32 bits per heavy atom. The molecule has 3 heteroatoms. The van der Waals surface area contributed by atoms with E-state index in [-0.39, 0.29) is 0 Å². The summed E-state index contributed by atoms with van der Waals surface area (Å²) in [6.45, 7) is 5.07. The van der Waals surface area contributed by atoms with E-state index in [1.54, 1.807) is 11.8 Å². The van der Waals surface area contributed by atoms with Crippen LogP contribution in [0.15, 0.2) is 29.2 Å². The summed E-state index contributed by atoms with van der Waals surface area (Å²) in [6.07, 6.45) is 4.29. The normalized spacial score (nSPS) is 15.7. The molecule has 0 unspecified atom stereocenters. The lowest BCUT2D eigenvalue weighted by Crippen LogP contribution is -2.29. The molecule has 1 aliphatic carbocycles. The van der Waals surface area contributed by atoms with Gasteiger partial charge in [-0.2, -0.15) is 0 Å². The molecule has 2 rings (SSSR count). The van der Waals surface area contributed by atoms with Crippen molar-refractivity contribution in [3.05, 3.63) is 29.8 Å². The highest BCUT2D eigenvalue weighted by Gasteiger charge is 2.22. The highest BCUT2D eigenvalue weighted by molar-refractivity contribution is 7.99. The Bertz CT molecular complexity index is 399. The molecule has 0 spiro atoms. The van der Waals surface area contributed by atoms with E-state index >= 15 is 0 Å². The second-order valence-corrected chi connectivity index (χ2v) is 6.57. The van der Waals surface area contributed by atoms with Gasteiger partial charge in [0, 0.05) is 23.2 Å². The highest BCUT2D eigenvalue weighted by atomic mass is 32.2. The van der Waals surface area contributed by atoms with E-state index < -0.39 is 5.60 Å². The van der Waals surface area contributed by atoms with Crippen molar-refractivity contribution < 1.29 is 5.11 Å². The van der Waals surface area contributed by atoms with Crippen LogP contribution in [0.25, 0.3) is 0 Å². The van der Waals surface area contributed by atoms with Crippen LogP contribution in [0.1, 0.15) is 45.1 Å². The van der Waals surface area contributed by atoms with Crippen LogP contribution < -0.4 is 5.32 Å². The molecule has 2 nitrogen and oxygen atoms in total. The lowest BCUT2D eigenvalue weighted by atomic mass is 10.0. The van der Waals surface area contributed by atoms with Gasteiger partial charge in [-0.15, -0.1) is 11.8 Å². The van der Waals surface area contributed by atoms with Crippen molar-refractivity contribution in [2.45, 2.75) is 62.6 Å². The molecule has 0 aliphatic heterocycles. The van der Waals surface area contributed by atoms with Crippen LogP contribution in [0, 0.1) is 0 Å². The SMILES string of the molecule is CCC(O)(CC)CSc1cccc(CNC2CC2)c1. The number of hydrogen-bond donors (Lipinski definition) is 2. The van der Waals surface area contributed by atoms with Crippen LogP contribution in [-0.2, 0) is 6.54 Å². The number of hydrogen-bond acceptors (Lipinski definition) is 3. The third kappa shape index (κ3) is 4.83. The summed E-state index contributed by atoms with van der Waals surface area (Å²) in [5.74, 6) is 0.777. The molecule has 0 atom stereocenters. The summed E-state index contributed by atoms with van der Waals surface area (Å²) in [5, 5.41) is 13.8. The first kappa shape index (κ1) is 14.9. The molecular weight excluding hydrogens is 254 g/mol. The fraction of sp³-hybridized carbons (Fsp3) is 0.625. The molecule has 0 heterocycles. The molecular formula is C16H25NOS. The second kappa shape index (κ2) is 6.78. The summed E-state index contributed by atoms with van der Waals surface area (Å²) in [5.41, 5.74) is 0.820. The van der Waals surface area contributed by atoms with Gasteiger partial charge in [0.1, 0.15) is 0 Å². The maximum atomic E-state index is 10.3. The van der Waals surface area contributed by atoms with Crippen LogP contribution in [0.2, 0.25) is 0 Å². The molecule has 2 N–H and O–H groups in total. The average Bonchev–Trinajstić information content (AvgIpc) is 3.27. The molecule has 0 saturated heterocycles. The molecule has 19 heavy (non-hydrogen) atoms. The molecule has 106 valence electrons. The smallest absolute Gasteiger partial charge is 0.0736 e. The van der Waals surface area contributed by atoms with Crippen molar-refractivity contribution >= 4 is 11.8 Å². The van der Waals surface area contributed by atoms with Gasteiger partial charge in [0.25, 0.3) is 0 Å². The summed E-state index contributed by atoms with van der Waals surface area (Å²) in [6, 6.07) is 9.42. The Morgan fingerprint density at radius 2 is 2.05 bits per heavy atom. The summed E-state index contributed by atoms with van der Waals surface area (Å²) >= 11 is 1.76. The number of aliphatic hydroxyl groups is 1. The van der Waals surface area contributed by atoms with Gasteiger partial charge in [0.2, 0.25) is 0 Å². The minimum atomic E-state index is -0.521. The monoisotopic (exact) mass is 279 g/mol. The van der Waals surface area contributed by atoms with Gasteiger partial charge in [-0.05, 0) is 43.4 Å². The van der Waals surface area contributed by atoms with Crippen molar-refractivity contribution in [1.82, 2.24) is 5.32 Å². The molecule has 1 saturated carbocycles. The summed E-state index contributed by atoms with van der Waals surface area (Å²) in [7, 11) is 0. The minimum absolute atomic E-state index is 0.521. The molecule has 1 fully saturated rings. The highest BCUT2D eigenvalue weighted by Crippen LogP contribution is 2.27. The Morgan fingerprint density at radius 3 is 2.68 bits per heavy atom. The first-order valence-corrected chi connectivity index (χ1v) is 8.31. The third-order valence-corrected chi connectivity index (χ3v) is 5.16. The van der Waals surface area contributed by atoms with Gasteiger partial charge in [0.05, 0.1) is 5.60 Å².